The van der Waals surface area contributed by atoms with E-state index in [1.807, 2.05) is 25.3 Å². The smallest absolute Gasteiger partial charge is 0.171 e. The van der Waals surface area contributed by atoms with Gasteiger partial charge in [0.25, 0.3) is 0 Å². The van der Waals surface area contributed by atoms with Gasteiger partial charge >= 0.3 is 0 Å². The Morgan fingerprint density at radius 1 is 1.44 bits per heavy atom. The van der Waals surface area contributed by atoms with Crippen LogP contribution in [0.3, 0.4) is 0 Å². The quantitative estimate of drug-likeness (QED) is 0.323. The summed E-state index contributed by atoms with van der Waals surface area (Å²) < 4.78 is 2.25. The van der Waals surface area contributed by atoms with Crippen LogP contribution in [-0.2, 0) is 6.54 Å². The number of aromatic nitrogens is 1. The molecule has 0 unspecified atom stereocenters. The average molecular weight is 244 g/mol. The summed E-state index contributed by atoms with van der Waals surface area (Å²) in [6.07, 6.45) is 12.7. The average Bonchev–Trinajstić information content (AvgIpc) is 2.32. The lowest BCUT2D eigenvalue weighted by atomic mass is 10.3. The second kappa shape index (κ2) is 8.40. The van der Waals surface area contributed by atoms with Crippen molar-refractivity contribution in [1.29, 1.82) is 0 Å². The van der Waals surface area contributed by atoms with Crippen molar-refractivity contribution in [1.82, 2.24) is 0 Å². The minimum absolute atomic E-state index is 1.02. The highest BCUT2D eigenvalue weighted by Crippen LogP contribution is 1.91. The molecule has 1 N–H and O–H groups in total. The van der Waals surface area contributed by atoms with Crippen molar-refractivity contribution in [2.24, 2.45) is 0 Å². The van der Waals surface area contributed by atoms with Crippen LogP contribution in [-0.4, -0.2) is 12.8 Å². The lowest BCUT2D eigenvalue weighted by Gasteiger charge is -1.95. The summed E-state index contributed by atoms with van der Waals surface area (Å²) >= 11 is 0. The molecule has 0 aromatic carbocycles. The molecule has 0 aliphatic carbocycles. The molecular weight excluding hydrogens is 220 g/mol. The van der Waals surface area contributed by atoms with Gasteiger partial charge < -0.3 is 0 Å². The van der Waals surface area contributed by atoms with Crippen LogP contribution < -0.4 is 9.56 Å². The number of rotatable bonds is 7. The van der Waals surface area contributed by atoms with E-state index in [-0.39, 0.29) is 0 Å². The van der Waals surface area contributed by atoms with Crippen LogP contribution in [0, 0.1) is 6.92 Å². The molecule has 0 amide bonds. The number of nitrogens with one attached hydrogen (secondary N) is 1. The Bertz CT molecular complexity index is 430. The van der Waals surface area contributed by atoms with E-state index < -0.39 is 0 Å². The van der Waals surface area contributed by atoms with Crippen LogP contribution in [0.2, 0.25) is 0 Å². The van der Waals surface area contributed by atoms with Gasteiger partial charge in [-0.1, -0.05) is 18.2 Å². The van der Waals surface area contributed by atoms with Gasteiger partial charge in [0.15, 0.2) is 18.6 Å². The maximum absolute atomic E-state index is 3.81. The van der Waals surface area contributed by atoms with Crippen molar-refractivity contribution in [2.45, 2.75) is 33.2 Å². The van der Waals surface area contributed by atoms with Crippen molar-refractivity contribution >= 4 is 6.21 Å². The molecule has 0 atom stereocenters. The van der Waals surface area contributed by atoms with E-state index in [4.69, 9.17) is 0 Å². The van der Waals surface area contributed by atoms with Gasteiger partial charge in [-0.05, 0) is 19.9 Å². The van der Waals surface area contributed by atoms with Crippen LogP contribution in [0.25, 0.3) is 0 Å². The van der Waals surface area contributed by atoms with E-state index in [1.54, 1.807) is 0 Å². The first-order valence-electron chi connectivity index (χ1n) is 6.53. The fourth-order valence-corrected chi connectivity index (χ4v) is 1.68. The number of allylic oxidation sites excluding steroid dienone is 3. The SMILES string of the molecule is C=C(C)/C=C\C=[NH+]CCCC[n+]1cccc(C)c1. The van der Waals surface area contributed by atoms with E-state index in [0.29, 0.717) is 0 Å². The summed E-state index contributed by atoms with van der Waals surface area (Å²) in [6.45, 7) is 10.0. The van der Waals surface area contributed by atoms with Crippen molar-refractivity contribution in [3.63, 3.8) is 0 Å². The predicted octanol–water partition coefficient (Wildman–Crippen LogP) is 1.35. The zero-order chi connectivity index (χ0) is 13.2. The number of nitrogens with zero attached hydrogens (tertiary/aromatic N) is 1. The molecular formula is C16H24N2+2. The van der Waals surface area contributed by atoms with Crippen LogP contribution in [0.15, 0.2) is 48.8 Å². The predicted molar refractivity (Wildman–Crippen MR) is 76.5 cm³/mol. The van der Waals surface area contributed by atoms with Crippen molar-refractivity contribution in [2.75, 3.05) is 6.54 Å². The molecule has 0 fully saturated rings. The minimum Gasteiger partial charge on any atom is -0.248 e. The number of aryl methyl sites for hydroxylation is 2. The number of hydrogen-bond acceptors (Lipinski definition) is 0. The fourth-order valence-electron chi connectivity index (χ4n) is 1.68. The molecule has 0 aliphatic rings. The highest BCUT2D eigenvalue weighted by molar-refractivity contribution is 5.66. The van der Waals surface area contributed by atoms with E-state index >= 15 is 0 Å². The molecule has 1 heterocycles. The fraction of sp³-hybridized carbons (Fsp3) is 0.375. The number of unbranched alkanes of at least 4 members (excludes halogenated alkanes) is 1. The molecule has 0 aliphatic heterocycles. The zero-order valence-electron chi connectivity index (χ0n) is 11.5. The highest BCUT2D eigenvalue weighted by atomic mass is 14.9. The van der Waals surface area contributed by atoms with Gasteiger partial charge in [0.1, 0.15) is 13.1 Å². The minimum atomic E-state index is 1.02. The number of pyridine rings is 1. The summed E-state index contributed by atoms with van der Waals surface area (Å²) in [6, 6.07) is 4.23. The summed E-state index contributed by atoms with van der Waals surface area (Å²) in [5, 5.41) is 0. The molecule has 18 heavy (non-hydrogen) atoms. The zero-order valence-corrected chi connectivity index (χ0v) is 11.5. The van der Waals surface area contributed by atoms with Gasteiger partial charge in [0, 0.05) is 30.5 Å². The summed E-state index contributed by atoms with van der Waals surface area (Å²) in [5.74, 6) is 0. The third-order valence-electron chi connectivity index (χ3n) is 2.59. The maximum atomic E-state index is 3.81. The second-order valence-electron chi connectivity index (χ2n) is 4.65. The Hall–Kier alpha value is -1.70. The monoisotopic (exact) mass is 244 g/mol. The third kappa shape index (κ3) is 6.79. The van der Waals surface area contributed by atoms with Gasteiger partial charge in [0.05, 0.1) is 0 Å². The van der Waals surface area contributed by atoms with Gasteiger partial charge in [-0.25, -0.2) is 9.56 Å². The molecule has 0 saturated heterocycles. The Balaban J connectivity index is 2.14. The molecule has 1 rings (SSSR count). The molecule has 1 aromatic heterocycles. The Morgan fingerprint density at radius 2 is 2.28 bits per heavy atom. The largest absolute Gasteiger partial charge is 0.248 e. The van der Waals surface area contributed by atoms with Crippen LogP contribution in [0.1, 0.15) is 25.3 Å². The van der Waals surface area contributed by atoms with Crippen molar-refractivity contribution in [3.8, 4) is 0 Å². The molecule has 0 bridgehead atoms. The third-order valence-corrected chi connectivity index (χ3v) is 2.59. The van der Waals surface area contributed by atoms with Crippen molar-refractivity contribution < 1.29 is 9.56 Å². The summed E-state index contributed by atoms with van der Waals surface area (Å²) in [5.41, 5.74) is 2.39. The molecule has 2 heteroatoms. The van der Waals surface area contributed by atoms with E-state index in [0.717, 1.165) is 18.7 Å². The summed E-state index contributed by atoms with van der Waals surface area (Å²) in [4.78, 5) is 3.28. The van der Waals surface area contributed by atoms with Gasteiger partial charge in [-0.3, -0.25) is 0 Å². The van der Waals surface area contributed by atoms with E-state index in [9.17, 15) is 0 Å². The lowest BCUT2D eigenvalue weighted by molar-refractivity contribution is -0.698. The topological polar surface area (TPSA) is 17.9 Å². The highest BCUT2D eigenvalue weighted by Gasteiger charge is 1.99. The summed E-state index contributed by atoms with van der Waals surface area (Å²) in [7, 11) is 0. The Morgan fingerprint density at radius 3 is 3.00 bits per heavy atom. The first kappa shape index (κ1) is 14.4. The molecule has 1 aromatic rings. The molecule has 0 saturated carbocycles. The first-order valence-corrected chi connectivity index (χ1v) is 6.53. The maximum Gasteiger partial charge on any atom is 0.171 e. The molecule has 96 valence electrons. The lowest BCUT2D eigenvalue weighted by Crippen LogP contribution is -2.68. The van der Waals surface area contributed by atoms with Crippen LogP contribution in [0.5, 0.6) is 0 Å². The van der Waals surface area contributed by atoms with Gasteiger partial charge in [-0.15, -0.1) is 0 Å². The van der Waals surface area contributed by atoms with Gasteiger partial charge in [-0.2, -0.15) is 0 Å². The Labute approximate surface area is 110 Å². The van der Waals surface area contributed by atoms with Crippen LogP contribution >= 0.6 is 0 Å². The van der Waals surface area contributed by atoms with Crippen molar-refractivity contribution in [3.05, 3.63) is 54.4 Å². The molecule has 2 nitrogen and oxygen atoms in total. The standard InChI is InChI=1S/C16H23N2/c1-15(2)8-6-11-17-10-4-5-12-18-13-7-9-16(3)14-18/h6-9,11,13-14H,1,4-5,10,12H2,2-3H3/q+1/p+1/b8-6-,17-11?. The van der Waals surface area contributed by atoms with Crippen LogP contribution in [0.4, 0.5) is 0 Å². The van der Waals surface area contributed by atoms with Gasteiger partial charge in [0.2, 0.25) is 0 Å². The van der Waals surface area contributed by atoms with E-state index in [2.05, 4.69) is 47.6 Å². The number of hydrogen-bond donors (Lipinski definition) is 1. The first-order chi connectivity index (χ1) is 8.68. The normalized spacial score (nSPS) is 11.4. The molecule has 0 radical (unpaired) electrons. The second-order valence-corrected chi connectivity index (χ2v) is 4.65. The van der Waals surface area contributed by atoms with E-state index in [1.165, 1.54) is 18.4 Å². The molecule has 0 spiro atoms. The Kier molecular flexibility index (Phi) is 6.70.